The van der Waals surface area contributed by atoms with Crippen LogP contribution in [0.4, 0.5) is 0 Å². The van der Waals surface area contributed by atoms with E-state index in [2.05, 4.69) is 12.2 Å². The number of carbonyl (C=O) groups is 1. The molecule has 106 valence electrons. The van der Waals surface area contributed by atoms with Gasteiger partial charge in [0, 0.05) is 0 Å². The summed E-state index contributed by atoms with van der Waals surface area (Å²) in [4.78, 5) is 12.1. The summed E-state index contributed by atoms with van der Waals surface area (Å²) in [6.07, 6.45) is 6.97. The van der Waals surface area contributed by atoms with Crippen molar-refractivity contribution in [2.75, 3.05) is 13.7 Å². The Bertz CT molecular complexity index is 547. The van der Waals surface area contributed by atoms with E-state index in [1.165, 1.54) is 6.42 Å². The molecule has 3 unspecified atom stereocenters. The third-order valence-corrected chi connectivity index (χ3v) is 4.49. The van der Waals surface area contributed by atoms with E-state index < -0.39 is 0 Å². The molecule has 0 N–H and O–H groups in total. The maximum absolute atomic E-state index is 12.1. The van der Waals surface area contributed by atoms with Gasteiger partial charge in [0.15, 0.2) is 0 Å². The molecule has 0 saturated heterocycles. The molecule has 1 aromatic carbocycles. The van der Waals surface area contributed by atoms with Crippen molar-refractivity contribution in [3.8, 4) is 5.75 Å². The van der Waals surface area contributed by atoms with Crippen molar-refractivity contribution in [2.45, 2.75) is 19.8 Å². The Morgan fingerprint density at radius 3 is 2.80 bits per heavy atom. The highest BCUT2D eigenvalue weighted by Gasteiger charge is 2.36. The van der Waals surface area contributed by atoms with Crippen LogP contribution >= 0.6 is 0 Å². The number of rotatable bonds is 4. The summed E-state index contributed by atoms with van der Waals surface area (Å²) >= 11 is 0. The van der Waals surface area contributed by atoms with Crippen molar-refractivity contribution < 1.29 is 14.3 Å². The topological polar surface area (TPSA) is 35.5 Å². The van der Waals surface area contributed by atoms with E-state index in [9.17, 15) is 4.79 Å². The number of esters is 1. The van der Waals surface area contributed by atoms with Crippen molar-refractivity contribution in [3.05, 3.63) is 41.5 Å². The molecule has 1 aromatic rings. The molecule has 1 fully saturated rings. The summed E-state index contributed by atoms with van der Waals surface area (Å²) in [5.74, 6) is 2.29. The van der Waals surface area contributed by atoms with E-state index in [1.807, 2.05) is 13.0 Å². The predicted octanol–water partition coefficient (Wildman–Crippen LogP) is 3.37. The zero-order valence-electron chi connectivity index (χ0n) is 12.0. The molecule has 1 saturated carbocycles. The number of carbonyl (C=O) groups excluding carboxylic acids is 1. The monoisotopic (exact) mass is 272 g/mol. The van der Waals surface area contributed by atoms with Crippen LogP contribution in [0.3, 0.4) is 0 Å². The molecular weight excluding hydrogens is 252 g/mol. The molecule has 0 radical (unpaired) electrons. The SMILES string of the molecule is COc1cc(C(=O)OCC2CC3C=CC2C3)ccc1C. The maximum atomic E-state index is 12.1. The van der Waals surface area contributed by atoms with Crippen molar-refractivity contribution in [3.63, 3.8) is 0 Å². The minimum atomic E-state index is -0.255. The molecule has 3 atom stereocenters. The molecule has 3 rings (SSSR count). The zero-order chi connectivity index (χ0) is 14.1. The van der Waals surface area contributed by atoms with Gasteiger partial charge < -0.3 is 9.47 Å². The molecule has 0 aromatic heterocycles. The lowest BCUT2D eigenvalue weighted by Gasteiger charge is -2.18. The molecule has 2 aliphatic carbocycles. The first-order valence-corrected chi connectivity index (χ1v) is 7.17. The van der Waals surface area contributed by atoms with Gasteiger partial charge in [0.2, 0.25) is 0 Å². The molecule has 2 aliphatic rings. The highest BCUT2D eigenvalue weighted by Crippen LogP contribution is 2.43. The van der Waals surface area contributed by atoms with E-state index >= 15 is 0 Å². The maximum Gasteiger partial charge on any atom is 0.338 e. The number of benzene rings is 1. The summed E-state index contributed by atoms with van der Waals surface area (Å²) in [7, 11) is 1.61. The van der Waals surface area contributed by atoms with Crippen LogP contribution in [0.5, 0.6) is 5.75 Å². The van der Waals surface area contributed by atoms with Crippen LogP contribution in [0.1, 0.15) is 28.8 Å². The molecule has 0 aliphatic heterocycles. The molecule has 3 nitrogen and oxygen atoms in total. The standard InChI is InChI=1S/C17H20O3/c1-11-3-5-14(9-16(11)19-2)17(18)20-10-15-8-12-4-6-13(15)7-12/h3-6,9,12-13,15H,7-8,10H2,1-2H3. The Morgan fingerprint density at radius 1 is 1.30 bits per heavy atom. The third-order valence-electron chi connectivity index (χ3n) is 4.49. The molecule has 3 heteroatoms. The van der Waals surface area contributed by atoms with Crippen LogP contribution in [0.2, 0.25) is 0 Å². The number of ether oxygens (including phenoxy) is 2. The van der Waals surface area contributed by atoms with Gasteiger partial charge in [0.1, 0.15) is 5.75 Å². The first kappa shape index (κ1) is 13.2. The van der Waals surface area contributed by atoms with E-state index in [0.29, 0.717) is 29.9 Å². The average Bonchev–Trinajstić information content (AvgIpc) is 3.07. The second-order valence-corrected chi connectivity index (χ2v) is 5.82. The third kappa shape index (κ3) is 2.45. The van der Waals surface area contributed by atoms with Crippen molar-refractivity contribution in [1.29, 1.82) is 0 Å². The first-order chi connectivity index (χ1) is 9.67. The van der Waals surface area contributed by atoms with Gasteiger partial charge in [-0.15, -0.1) is 0 Å². The quantitative estimate of drug-likeness (QED) is 0.622. The van der Waals surface area contributed by atoms with Crippen LogP contribution in [0.15, 0.2) is 30.4 Å². The number of fused-ring (bicyclic) bond motifs is 2. The molecule has 2 bridgehead atoms. The van der Waals surface area contributed by atoms with Crippen LogP contribution in [-0.4, -0.2) is 19.7 Å². The zero-order valence-corrected chi connectivity index (χ0v) is 12.0. The van der Waals surface area contributed by atoms with Gasteiger partial charge in [-0.3, -0.25) is 0 Å². The lowest BCUT2D eigenvalue weighted by molar-refractivity contribution is 0.0420. The average molecular weight is 272 g/mol. The minimum Gasteiger partial charge on any atom is -0.496 e. The second-order valence-electron chi connectivity index (χ2n) is 5.82. The van der Waals surface area contributed by atoms with Crippen LogP contribution in [-0.2, 0) is 4.74 Å². The Balaban J connectivity index is 1.60. The van der Waals surface area contributed by atoms with E-state index in [1.54, 1.807) is 19.2 Å². The normalized spacial score (nSPS) is 26.8. The lowest BCUT2D eigenvalue weighted by Crippen LogP contribution is -2.17. The number of hydrogen-bond acceptors (Lipinski definition) is 3. The fourth-order valence-electron chi connectivity index (χ4n) is 3.30. The molecule has 20 heavy (non-hydrogen) atoms. The number of aryl methyl sites for hydroxylation is 1. The predicted molar refractivity (Wildman–Crippen MR) is 76.9 cm³/mol. The van der Waals surface area contributed by atoms with Crippen LogP contribution < -0.4 is 4.74 Å². The van der Waals surface area contributed by atoms with Gasteiger partial charge in [0.25, 0.3) is 0 Å². The van der Waals surface area contributed by atoms with Gasteiger partial charge in [-0.2, -0.15) is 0 Å². The number of allylic oxidation sites excluding steroid dienone is 2. The summed E-state index contributed by atoms with van der Waals surface area (Å²) in [5.41, 5.74) is 1.58. The Kier molecular flexibility index (Phi) is 3.51. The van der Waals surface area contributed by atoms with Gasteiger partial charge >= 0.3 is 5.97 Å². The van der Waals surface area contributed by atoms with Crippen molar-refractivity contribution >= 4 is 5.97 Å². The smallest absolute Gasteiger partial charge is 0.338 e. The van der Waals surface area contributed by atoms with E-state index in [-0.39, 0.29) is 5.97 Å². The second kappa shape index (κ2) is 5.31. The Hall–Kier alpha value is -1.77. The Labute approximate surface area is 119 Å². The van der Waals surface area contributed by atoms with Gasteiger partial charge in [-0.05, 0) is 55.2 Å². The highest BCUT2D eigenvalue weighted by molar-refractivity contribution is 5.90. The van der Waals surface area contributed by atoms with Crippen molar-refractivity contribution in [1.82, 2.24) is 0 Å². The molecule has 0 amide bonds. The van der Waals surface area contributed by atoms with Crippen molar-refractivity contribution in [2.24, 2.45) is 17.8 Å². The van der Waals surface area contributed by atoms with E-state index in [0.717, 1.165) is 17.7 Å². The summed E-state index contributed by atoms with van der Waals surface area (Å²) < 4.78 is 10.7. The van der Waals surface area contributed by atoms with E-state index in [4.69, 9.17) is 9.47 Å². The molecular formula is C17H20O3. The number of methoxy groups -OCH3 is 1. The lowest BCUT2D eigenvalue weighted by atomic mass is 9.95. The largest absolute Gasteiger partial charge is 0.496 e. The highest BCUT2D eigenvalue weighted by atomic mass is 16.5. The fourth-order valence-corrected chi connectivity index (χ4v) is 3.30. The number of hydrogen-bond donors (Lipinski definition) is 0. The van der Waals surface area contributed by atoms with Crippen LogP contribution in [0.25, 0.3) is 0 Å². The van der Waals surface area contributed by atoms with Crippen LogP contribution in [0, 0.1) is 24.7 Å². The van der Waals surface area contributed by atoms with Gasteiger partial charge in [-0.1, -0.05) is 18.2 Å². The molecule has 0 spiro atoms. The summed E-state index contributed by atoms with van der Waals surface area (Å²) in [5, 5.41) is 0. The first-order valence-electron chi connectivity index (χ1n) is 7.17. The minimum absolute atomic E-state index is 0.255. The fraction of sp³-hybridized carbons (Fsp3) is 0.471. The Morgan fingerprint density at radius 2 is 2.15 bits per heavy atom. The van der Waals surface area contributed by atoms with Gasteiger partial charge in [-0.25, -0.2) is 4.79 Å². The molecule has 0 heterocycles. The van der Waals surface area contributed by atoms with Gasteiger partial charge in [0.05, 0.1) is 19.3 Å². The summed E-state index contributed by atoms with van der Waals surface area (Å²) in [6.45, 7) is 2.48. The summed E-state index contributed by atoms with van der Waals surface area (Å²) in [6, 6.07) is 5.43.